The van der Waals surface area contributed by atoms with Gasteiger partial charge in [0.05, 0.1) is 13.2 Å². The lowest BCUT2D eigenvalue weighted by Gasteiger charge is -2.38. The van der Waals surface area contributed by atoms with Gasteiger partial charge >= 0.3 is 0 Å². The molecule has 0 radical (unpaired) electrons. The standard InChI is InChI=1S/C43H40O3P2/c1-5-44-31-17-13-23-35(29-31)47(33-19-9-7-10-20-33)39-27-15-25-37-41(39)46-42-38(43(37,3)4)26-16-28-40(42)48(34-21-11-8-12-22-34)36-24-14-18-32(30-36)45-6-2/h7-30H,5-6H2,1-4H3/t47-,48-/m0/s1. The van der Waals surface area contributed by atoms with Crippen molar-refractivity contribution in [3.8, 4) is 23.0 Å². The van der Waals surface area contributed by atoms with Gasteiger partial charge in [0.25, 0.3) is 0 Å². The zero-order valence-electron chi connectivity index (χ0n) is 27.9. The Morgan fingerprint density at radius 2 is 0.875 bits per heavy atom. The van der Waals surface area contributed by atoms with Gasteiger partial charge in [-0.25, -0.2) is 0 Å². The van der Waals surface area contributed by atoms with Gasteiger partial charge < -0.3 is 14.2 Å². The molecule has 6 aromatic carbocycles. The van der Waals surface area contributed by atoms with E-state index >= 15 is 0 Å². The number of benzene rings is 6. The van der Waals surface area contributed by atoms with Gasteiger partial charge in [-0.3, -0.25) is 0 Å². The normalized spacial score (nSPS) is 14.2. The molecule has 3 nitrogen and oxygen atoms in total. The quantitative estimate of drug-likeness (QED) is 0.138. The van der Waals surface area contributed by atoms with Crippen molar-refractivity contribution in [1.29, 1.82) is 0 Å². The molecule has 6 aromatic rings. The molecular formula is C43H40O3P2. The Hall–Kier alpha value is -4.42. The molecule has 1 aliphatic heterocycles. The van der Waals surface area contributed by atoms with Gasteiger partial charge in [-0.05, 0) is 75.2 Å². The predicted octanol–water partition coefficient (Wildman–Crippen LogP) is 8.43. The molecule has 48 heavy (non-hydrogen) atoms. The van der Waals surface area contributed by atoms with Gasteiger partial charge in [-0.1, -0.05) is 135 Å². The van der Waals surface area contributed by atoms with E-state index in [1.807, 2.05) is 26.0 Å². The van der Waals surface area contributed by atoms with E-state index in [0.29, 0.717) is 13.2 Å². The lowest BCUT2D eigenvalue weighted by atomic mass is 9.76. The molecule has 0 saturated heterocycles. The monoisotopic (exact) mass is 666 g/mol. The van der Waals surface area contributed by atoms with E-state index < -0.39 is 15.8 Å². The van der Waals surface area contributed by atoms with Gasteiger partial charge in [-0.2, -0.15) is 0 Å². The number of ether oxygens (including phenoxy) is 3. The summed E-state index contributed by atoms with van der Waals surface area (Å²) in [7, 11) is -1.91. The van der Waals surface area contributed by atoms with E-state index in [1.54, 1.807) is 0 Å². The lowest BCUT2D eigenvalue weighted by molar-refractivity contribution is 0.340. The summed E-state index contributed by atoms with van der Waals surface area (Å²) in [5, 5.41) is 7.42. The third-order valence-electron chi connectivity index (χ3n) is 8.82. The van der Waals surface area contributed by atoms with Crippen LogP contribution in [0.25, 0.3) is 0 Å². The van der Waals surface area contributed by atoms with Crippen LogP contribution in [0.5, 0.6) is 23.0 Å². The number of hydrogen-bond donors (Lipinski definition) is 0. The Bertz CT molecular complexity index is 1880. The first-order valence-electron chi connectivity index (χ1n) is 16.6. The Morgan fingerprint density at radius 1 is 0.479 bits per heavy atom. The average Bonchev–Trinajstić information content (AvgIpc) is 3.11. The van der Waals surface area contributed by atoms with Gasteiger partial charge in [0.1, 0.15) is 23.0 Å². The molecule has 240 valence electrons. The maximum Gasteiger partial charge on any atom is 0.139 e. The van der Waals surface area contributed by atoms with E-state index in [1.165, 1.54) is 43.0 Å². The highest BCUT2D eigenvalue weighted by Crippen LogP contribution is 2.52. The van der Waals surface area contributed by atoms with Crippen LogP contribution in [-0.2, 0) is 5.41 Å². The summed E-state index contributed by atoms with van der Waals surface area (Å²) in [6, 6.07) is 52.3. The molecule has 0 saturated carbocycles. The van der Waals surface area contributed by atoms with Crippen LogP contribution in [0.1, 0.15) is 38.8 Å². The fraction of sp³-hybridized carbons (Fsp3) is 0.163. The van der Waals surface area contributed by atoms with Gasteiger partial charge in [0.2, 0.25) is 0 Å². The molecule has 0 aromatic heterocycles. The molecule has 2 atom stereocenters. The van der Waals surface area contributed by atoms with Gasteiger partial charge in [-0.15, -0.1) is 0 Å². The van der Waals surface area contributed by atoms with Gasteiger partial charge in [0.15, 0.2) is 0 Å². The topological polar surface area (TPSA) is 27.7 Å². The summed E-state index contributed by atoms with van der Waals surface area (Å²) < 4.78 is 19.3. The lowest BCUT2D eigenvalue weighted by Crippen LogP contribution is -2.32. The smallest absolute Gasteiger partial charge is 0.139 e. The molecule has 1 aliphatic rings. The van der Waals surface area contributed by atoms with Crippen molar-refractivity contribution in [3.05, 3.63) is 157 Å². The van der Waals surface area contributed by atoms with Crippen molar-refractivity contribution in [2.75, 3.05) is 13.2 Å². The summed E-state index contributed by atoms with van der Waals surface area (Å²) in [4.78, 5) is 0. The third kappa shape index (κ3) is 6.14. The highest BCUT2D eigenvalue weighted by atomic mass is 31.1. The highest BCUT2D eigenvalue weighted by molar-refractivity contribution is 7.80. The average molecular weight is 667 g/mol. The summed E-state index contributed by atoms with van der Waals surface area (Å²) in [6.45, 7) is 9.99. The van der Waals surface area contributed by atoms with Crippen LogP contribution in [-0.4, -0.2) is 13.2 Å². The first-order chi connectivity index (χ1) is 23.5. The van der Waals surface area contributed by atoms with Crippen molar-refractivity contribution >= 4 is 47.7 Å². The first-order valence-corrected chi connectivity index (χ1v) is 19.3. The molecular weight excluding hydrogens is 626 g/mol. The van der Waals surface area contributed by atoms with Crippen LogP contribution in [0.4, 0.5) is 0 Å². The van der Waals surface area contributed by atoms with E-state index in [0.717, 1.165) is 23.0 Å². The minimum Gasteiger partial charge on any atom is -0.494 e. The Labute approximate surface area is 287 Å². The largest absolute Gasteiger partial charge is 0.494 e. The van der Waals surface area contributed by atoms with Crippen LogP contribution < -0.4 is 46.0 Å². The molecule has 1 heterocycles. The second kappa shape index (κ2) is 14.0. The van der Waals surface area contributed by atoms with Crippen LogP contribution in [0.2, 0.25) is 0 Å². The van der Waals surface area contributed by atoms with Crippen LogP contribution >= 0.6 is 15.8 Å². The molecule has 0 aliphatic carbocycles. The van der Waals surface area contributed by atoms with Crippen LogP contribution in [0, 0.1) is 0 Å². The molecule has 0 spiro atoms. The van der Waals surface area contributed by atoms with Crippen molar-refractivity contribution in [2.24, 2.45) is 0 Å². The maximum absolute atomic E-state index is 7.35. The molecule has 0 N–H and O–H groups in total. The zero-order chi connectivity index (χ0) is 33.1. The van der Waals surface area contributed by atoms with Crippen molar-refractivity contribution in [1.82, 2.24) is 0 Å². The molecule has 0 bridgehead atoms. The predicted molar refractivity (Wildman–Crippen MR) is 205 cm³/mol. The minimum absolute atomic E-state index is 0.287. The maximum atomic E-state index is 7.35. The van der Waals surface area contributed by atoms with E-state index in [4.69, 9.17) is 14.2 Å². The van der Waals surface area contributed by atoms with Crippen molar-refractivity contribution in [2.45, 2.75) is 33.1 Å². The number of fused-ring (bicyclic) bond motifs is 2. The summed E-state index contributed by atoms with van der Waals surface area (Å²) in [6.07, 6.45) is 0. The molecule has 0 amide bonds. The SMILES string of the molecule is CCOc1cccc([P@](c2ccccc2)c2cccc3c2Oc2c([P@@](c4ccccc4)c4cccc(OCC)c4)cccc2C3(C)C)c1. The van der Waals surface area contributed by atoms with Crippen molar-refractivity contribution in [3.63, 3.8) is 0 Å². The van der Waals surface area contributed by atoms with Crippen LogP contribution in [0.3, 0.4) is 0 Å². The van der Waals surface area contributed by atoms with E-state index in [2.05, 4.69) is 147 Å². The van der Waals surface area contributed by atoms with Crippen molar-refractivity contribution < 1.29 is 14.2 Å². The number of para-hydroxylation sites is 2. The third-order valence-corrected chi connectivity index (χ3v) is 13.7. The Kier molecular flexibility index (Phi) is 9.36. The summed E-state index contributed by atoms with van der Waals surface area (Å²) >= 11 is 0. The van der Waals surface area contributed by atoms with Crippen LogP contribution in [0.15, 0.2) is 146 Å². The minimum atomic E-state index is -0.956. The second-order valence-corrected chi connectivity index (χ2v) is 16.6. The summed E-state index contributed by atoms with van der Waals surface area (Å²) in [5.74, 6) is 3.70. The second-order valence-electron chi connectivity index (χ2n) is 12.2. The fourth-order valence-corrected chi connectivity index (χ4v) is 11.5. The highest BCUT2D eigenvalue weighted by Gasteiger charge is 2.39. The van der Waals surface area contributed by atoms with Gasteiger partial charge in [0, 0.05) is 27.2 Å². The fourth-order valence-electron chi connectivity index (χ4n) is 6.61. The Morgan fingerprint density at radius 3 is 1.29 bits per heavy atom. The zero-order valence-corrected chi connectivity index (χ0v) is 29.7. The molecule has 0 unspecified atom stereocenters. The molecule has 0 fully saturated rings. The summed E-state index contributed by atoms with van der Waals surface area (Å²) in [5.41, 5.74) is 2.12. The molecule has 5 heteroatoms. The number of rotatable bonds is 10. The Balaban J connectivity index is 1.43. The first kappa shape index (κ1) is 32.1. The number of hydrogen-bond acceptors (Lipinski definition) is 3. The molecule has 7 rings (SSSR count). The van der Waals surface area contributed by atoms with E-state index in [-0.39, 0.29) is 5.41 Å². The van der Waals surface area contributed by atoms with E-state index in [9.17, 15) is 0 Å².